The highest BCUT2D eigenvalue weighted by atomic mass is 32.2. The third kappa shape index (κ3) is 5.94. The molecule has 0 radical (unpaired) electrons. The van der Waals surface area contributed by atoms with E-state index in [1.807, 2.05) is 4.90 Å². The maximum Gasteiger partial charge on any atom is 0.254 e. The fraction of sp³-hybridized carbons (Fsp3) is 0.458. The van der Waals surface area contributed by atoms with Crippen molar-refractivity contribution in [1.29, 1.82) is 0 Å². The first-order chi connectivity index (χ1) is 17.3. The number of nitrogens with one attached hydrogen (secondary N) is 1. The molecule has 1 aliphatic rings. The molecule has 11 nitrogen and oxygen atoms in total. The number of methoxy groups -OCH3 is 5. The lowest BCUT2D eigenvalue weighted by molar-refractivity contribution is 0.0745. The van der Waals surface area contributed by atoms with E-state index in [2.05, 4.69) is 4.72 Å². The first kappa shape index (κ1) is 27.4. The number of piperazine rings is 1. The van der Waals surface area contributed by atoms with Crippen LogP contribution in [0.15, 0.2) is 35.2 Å². The highest BCUT2D eigenvalue weighted by Gasteiger charge is 2.27. The van der Waals surface area contributed by atoms with Crippen LogP contribution >= 0.6 is 0 Å². The molecule has 0 saturated carbocycles. The van der Waals surface area contributed by atoms with Gasteiger partial charge in [0.25, 0.3) is 5.91 Å². The monoisotopic (exact) mass is 523 g/mol. The van der Waals surface area contributed by atoms with E-state index in [1.54, 1.807) is 29.2 Å². The third-order valence-electron chi connectivity index (χ3n) is 5.88. The van der Waals surface area contributed by atoms with Gasteiger partial charge in [-0.25, -0.2) is 13.1 Å². The summed E-state index contributed by atoms with van der Waals surface area (Å²) in [5, 5.41) is 0. The Morgan fingerprint density at radius 1 is 0.861 bits per heavy atom. The van der Waals surface area contributed by atoms with Gasteiger partial charge in [-0.2, -0.15) is 0 Å². The molecule has 0 aromatic heterocycles. The Morgan fingerprint density at radius 2 is 1.47 bits per heavy atom. The van der Waals surface area contributed by atoms with Gasteiger partial charge in [0.05, 0.1) is 45.6 Å². The lowest BCUT2D eigenvalue weighted by atomic mass is 10.1. The van der Waals surface area contributed by atoms with Crippen LogP contribution in [0.4, 0.5) is 5.69 Å². The molecule has 1 saturated heterocycles. The number of nitrogens with zero attached hydrogens (tertiary/aromatic N) is 2. The molecule has 1 heterocycles. The van der Waals surface area contributed by atoms with E-state index in [0.29, 0.717) is 60.4 Å². The van der Waals surface area contributed by atoms with Crippen molar-refractivity contribution < 1.29 is 36.9 Å². The largest absolute Gasteiger partial charge is 0.495 e. The van der Waals surface area contributed by atoms with Gasteiger partial charge in [-0.3, -0.25) is 4.79 Å². The summed E-state index contributed by atoms with van der Waals surface area (Å²) >= 11 is 0. The third-order valence-corrected chi connectivity index (χ3v) is 7.34. The SMILES string of the molecule is COCCNS(=O)(=O)c1ccc(OC)c(N2CCN(C(=O)c3cc(OC)c(OC)c(OC)c3)CC2)c1. The van der Waals surface area contributed by atoms with Crippen LogP contribution < -0.4 is 28.6 Å². The van der Waals surface area contributed by atoms with E-state index in [0.717, 1.165) is 0 Å². The summed E-state index contributed by atoms with van der Waals surface area (Å²) in [6, 6.07) is 7.98. The van der Waals surface area contributed by atoms with E-state index in [4.69, 9.17) is 23.7 Å². The fourth-order valence-corrected chi connectivity index (χ4v) is 5.02. The van der Waals surface area contributed by atoms with Crippen molar-refractivity contribution in [2.45, 2.75) is 4.90 Å². The zero-order valence-corrected chi connectivity index (χ0v) is 22.0. The zero-order valence-electron chi connectivity index (χ0n) is 21.2. The minimum absolute atomic E-state index is 0.130. The highest BCUT2D eigenvalue weighted by molar-refractivity contribution is 7.89. The molecule has 2 aromatic carbocycles. The summed E-state index contributed by atoms with van der Waals surface area (Å²) in [6.07, 6.45) is 0. The Morgan fingerprint density at radius 3 is 2.00 bits per heavy atom. The van der Waals surface area contributed by atoms with Gasteiger partial charge in [0.2, 0.25) is 15.8 Å². The Kier molecular flexibility index (Phi) is 9.24. The van der Waals surface area contributed by atoms with E-state index < -0.39 is 10.0 Å². The van der Waals surface area contributed by atoms with Gasteiger partial charge in [-0.15, -0.1) is 0 Å². The summed E-state index contributed by atoms with van der Waals surface area (Å²) in [5.74, 6) is 1.61. The summed E-state index contributed by atoms with van der Waals surface area (Å²) in [7, 11) is 3.84. The van der Waals surface area contributed by atoms with Crippen LogP contribution in [0.2, 0.25) is 0 Å². The molecule has 1 N–H and O–H groups in total. The molecule has 0 atom stereocenters. The van der Waals surface area contributed by atoms with Gasteiger partial charge in [0, 0.05) is 45.4 Å². The molecule has 1 aliphatic heterocycles. The standard InChI is InChI=1S/C24H33N3O8S/c1-31-13-8-25-36(29,30)18-6-7-20(32-2)19(16-18)26-9-11-27(12-10-26)24(28)17-14-21(33-3)23(35-5)22(15-17)34-4/h6-7,14-16,25H,8-13H2,1-5H3. The maximum atomic E-state index is 13.2. The Bertz CT molecular complexity index is 1140. The minimum atomic E-state index is -3.71. The number of carbonyl (C=O) groups is 1. The Hall–Kier alpha value is -3.22. The van der Waals surface area contributed by atoms with Gasteiger partial charge >= 0.3 is 0 Å². The van der Waals surface area contributed by atoms with Crippen LogP contribution in [0, 0.1) is 0 Å². The van der Waals surface area contributed by atoms with Gasteiger partial charge < -0.3 is 33.5 Å². The number of anilines is 1. The van der Waals surface area contributed by atoms with E-state index >= 15 is 0 Å². The van der Waals surface area contributed by atoms with Crippen LogP contribution in [0.5, 0.6) is 23.0 Å². The molecule has 0 unspecified atom stereocenters. The molecular formula is C24H33N3O8S. The number of sulfonamides is 1. The van der Waals surface area contributed by atoms with Crippen LogP contribution in [-0.4, -0.2) is 94.1 Å². The van der Waals surface area contributed by atoms with Crippen molar-refractivity contribution in [3.63, 3.8) is 0 Å². The summed E-state index contributed by atoms with van der Waals surface area (Å²) in [6.45, 7) is 2.29. The van der Waals surface area contributed by atoms with Gasteiger partial charge in [-0.05, 0) is 30.3 Å². The number of amides is 1. The van der Waals surface area contributed by atoms with Gasteiger partial charge in [0.15, 0.2) is 11.5 Å². The van der Waals surface area contributed by atoms with Crippen LogP contribution in [0.1, 0.15) is 10.4 Å². The van der Waals surface area contributed by atoms with Crippen molar-refractivity contribution in [2.24, 2.45) is 0 Å². The predicted octanol–water partition coefficient (Wildman–Crippen LogP) is 1.61. The second-order valence-electron chi connectivity index (χ2n) is 7.92. The van der Waals surface area contributed by atoms with Gasteiger partial charge in [-0.1, -0.05) is 0 Å². The van der Waals surface area contributed by atoms with Crippen LogP contribution in [0.3, 0.4) is 0 Å². The van der Waals surface area contributed by atoms with Crippen molar-refractivity contribution >= 4 is 21.6 Å². The van der Waals surface area contributed by atoms with Crippen LogP contribution in [-0.2, 0) is 14.8 Å². The van der Waals surface area contributed by atoms with E-state index in [1.165, 1.54) is 41.6 Å². The molecule has 198 valence electrons. The smallest absolute Gasteiger partial charge is 0.254 e. The molecule has 3 rings (SSSR count). The molecule has 36 heavy (non-hydrogen) atoms. The number of hydrogen-bond donors (Lipinski definition) is 1. The molecule has 1 fully saturated rings. The van der Waals surface area contributed by atoms with Crippen LogP contribution in [0.25, 0.3) is 0 Å². The van der Waals surface area contributed by atoms with E-state index in [9.17, 15) is 13.2 Å². The molecule has 0 aliphatic carbocycles. The number of rotatable bonds is 11. The summed E-state index contributed by atoms with van der Waals surface area (Å²) < 4.78 is 54.4. The quantitative estimate of drug-likeness (QED) is 0.439. The maximum absolute atomic E-state index is 13.2. The topological polar surface area (TPSA) is 116 Å². The molecular weight excluding hydrogens is 490 g/mol. The molecule has 12 heteroatoms. The molecule has 2 aromatic rings. The van der Waals surface area contributed by atoms with Crippen molar-refractivity contribution in [3.8, 4) is 23.0 Å². The second kappa shape index (κ2) is 12.2. The predicted molar refractivity (Wildman–Crippen MR) is 134 cm³/mol. The zero-order chi connectivity index (χ0) is 26.3. The van der Waals surface area contributed by atoms with Crippen molar-refractivity contribution in [1.82, 2.24) is 9.62 Å². The lowest BCUT2D eigenvalue weighted by Crippen LogP contribution is -2.49. The second-order valence-corrected chi connectivity index (χ2v) is 9.68. The first-order valence-electron chi connectivity index (χ1n) is 11.3. The molecule has 0 bridgehead atoms. The van der Waals surface area contributed by atoms with Crippen molar-refractivity contribution in [2.75, 3.05) is 79.8 Å². The summed E-state index contributed by atoms with van der Waals surface area (Å²) in [4.78, 5) is 17.1. The highest BCUT2D eigenvalue weighted by Crippen LogP contribution is 2.38. The first-order valence-corrected chi connectivity index (χ1v) is 12.8. The minimum Gasteiger partial charge on any atom is -0.495 e. The Labute approximate surface area is 211 Å². The lowest BCUT2D eigenvalue weighted by Gasteiger charge is -2.37. The van der Waals surface area contributed by atoms with Gasteiger partial charge in [0.1, 0.15) is 5.75 Å². The normalized spacial score (nSPS) is 13.9. The molecule has 0 spiro atoms. The summed E-state index contributed by atoms with van der Waals surface area (Å²) in [5.41, 5.74) is 1.07. The average Bonchev–Trinajstić information content (AvgIpc) is 2.91. The molecule has 1 amide bonds. The number of hydrogen-bond acceptors (Lipinski definition) is 9. The fourth-order valence-electron chi connectivity index (χ4n) is 3.98. The number of carbonyl (C=O) groups excluding carboxylic acids is 1. The number of benzene rings is 2. The average molecular weight is 524 g/mol. The Balaban J connectivity index is 1.77. The van der Waals surface area contributed by atoms with Crippen molar-refractivity contribution in [3.05, 3.63) is 35.9 Å². The number of ether oxygens (including phenoxy) is 5. The van der Waals surface area contributed by atoms with E-state index in [-0.39, 0.29) is 24.0 Å².